The van der Waals surface area contributed by atoms with Gasteiger partial charge in [-0.1, -0.05) is 32.0 Å². The van der Waals surface area contributed by atoms with Crippen molar-refractivity contribution >= 4 is 11.6 Å². The SMILES string of the molecule is CC(C)C(=O)N1CCC2C(C1)c1cccc3c1N2CC3. The number of amides is 1. The minimum atomic E-state index is 0.114. The molecule has 0 N–H and O–H groups in total. The largest absolute Gasteiger partial charge is 0.367 e. The first-order valence-corrected chi connectivity index (χ1v) is 7.84. The molecule has 20 heavy (non-hydrogen) atoms. The van der Waals surface area contributed by atoms with Crippen molar-refractivity contribution in [3.05, 3.63) is 29.3 Å². The molecule has 4 rings (SSSR count). The summed E-state index contributed by atoms with van der Waals surface area (Å²) in [7, 11) is 0. The summed E-state index contributed by atoms with van der Waals surface area (Å²) < 4.78 is 0. The van der Waals surface area contributed by atoms with Gasteiger partial charge < -0.3 is 9.80 Å². The number of likely N-dealkylation sites (tertiary alicyclic amines) is 1. The van der Waals surface area contributed by atoms with Crippen LogP contribution in [-0.4, -0.2) is 36.5 Å². The zero-order valence-electron chi connectivity index (χ0n) is 12.3. The van der Waals surface area contributed by atoms with E-state index in [-0.39, 0.29) is 5.92 Å². The number of hydrogen-bond acceptors (Lipinski definition) is 2. The van der Waals surface area contributed by atoms with E-state index in [1.165, 1.54) is 29.8 Å². The molecule has 1 aromatic rings. The van der Waals surface area contributed by atoms with Crippen LogP contribution in [0, 0.1) is 5.92 Å². The van der Waals surface area contributed by atoms with E-state index in [4.69, 9.17) is 0 Å². The molecular formula is C17H22N2O. The van der Waals surface area contributed by atoms with E-state index in [1.807, 2.05) is 13.8 Å². The molecular weight excluding hydrogens is 248 g/mol. The van der Waals surface area contributed by atoms with Crippen molar-refractivity contribution in [2.45, 2.75) is 38.6 Å². The first-order valence-electron chi connectivity index (χ1n) is 7.84. The Bertz CT molecular complexity index is 566. The van der Waals surface area contributed by atoms with Crippen LogP contribution >= 0.6 is 0 Å². The molecule has 0 bridgehead atoms. The second kappa shape index (κ2) is 4.24. The van der Waals surface area contributed by atoms with Crippen LogP contribution in [-0.2, 0) is 11.2 Å². The highest BCUT2D eigenvalue weighted by Gasteiger charge is 2.45. The Kier molecular flexibility index (Phi) is 2.60. The van der Waals surface area contributed by atoms with E-state index in [1.54, 1.807) is 0 Å². The van der Waals surface area contributed by atoms with E-state index < -0.39 is 0 Å². The Morgan fingerprint density at radius 3 is 2.95 bits per heavy atom. The number of rotatable bonds is 1. The monoisotopic (exact) mass is 270 g/mol. The van der Waals surface area contributed by atoms with Crippen LogP contribution in [0.3, 0.4) is 0 Å². The van der Waals surface area contributed by atoms with E-state index in [0.717, 1.165) is 19.5 Å². The lowest BCUT2D eigenvalue weighted by Gasteiger charge is -2.39. The summed E-state index contributed by atoms with van der Waals surface area (Å²) in [6.45, 7) is 7.02. The maximum atomic E-state index is 12.3. The third-order valence-corrected chi connectivity index (χ3v) is 5.24. The van der Waals surface area contributed by atoms with Gasteiger partial charge in [-0.2, -0.15) is 0 Å². The third kappa shape index (κ3) is 1.55. The lowest BCUT2D eigenvalue weighted by molar-refractivity contribution is -0.135. The molecule has 106 valence electrons. The van der Waals surface area contributed by atoms with Crippen LogP contribution in [0.4, 0.5) is 5.69 Å². The molecule has 0 aromatic heterocycles. The molecule has 1 saturated heterocycles. The van der Waals surface area contributed by atoms with Gasteiger partial charge in [0, 0.05) is 43.2 Å². The highest BCUT2D eigenvalue weighted by Crippen LogP contribution is 2.49. The average molecular weight is 270 g/mol. The predicted molar refractivity (Wildman–Crippen MR) is 80.1 cm³/mol. The van der Waals surface area contributed by atoms with Crippen molar-refractivity contribution in [3.63, 3.8) is 0 Å². The Hall–Kier alpha value is -1.51. The van der Waals surface area contributed by atoms with Crippen molar-refractivity contribution in [3.8, 4) is 0 Å². The molecule has 0 aliphatic carbocycles. The molecule has 2 atom stereocenters. The van der Waals surface area contributed by atoms with Crippen LogP contribution in [0.15, 0.2) is 18.2 Å². The van der Waals surface area contributed by atoms with Gasteiger partial charge in [0.25, 0.3) is 0 Å². The van der Waals surface area contributed by atoms with Gasteiger partial charge in [0.1, 0.15) is 0 Å². The van der Waals surface area contributed by atoms with Gasteiger partial charge in [0.05, 0.1) is 0 Å². The van der Waals surface area contributed by atoms with Crippen molar-refractivity contribution in [2.24, 2.45) is 5.92 Å². The third-order valence-electron chi connectivity index (χ3n) is 5.24. The summed E-state index contributed by atoms with van der Waals surface area (Å²) in [6.07, 6.45) is 2.32. The van der Waals surface area contributed by atoms with Crippen LogP contribution in [0.2, 0.25) is 0 Å². The van der Waals surface area contributed by atoms with Gasteiger partial charge in [0.2, 0.25) is 5.91 Å². The summed E-state index contributed by atoms with van der Waals surface area (Å²) >= 11 is 0. The molecule has 3 heterocycles. The standard InChI is InChI=1S/C17H22N2O/c1-11(2)17(20)18-8-7-15-14(10-18)13-5-3-4-12-6-9-19(15)16(12)13/h3-5,11,14-15H,6-10H2,1-2H3. The lowest BCUT2D eigenvalue weighted by atomic mass is 9.87. The summed E-state index contributed by atoms with van der Waals surface area (Å²) in [5.41, 5.74) is 4.51. The van der Waals surface area contributed by atoms with E-state index in [2.05, 4.69) is 28.0 Å². The number of hydrogen-bond donors (Lipinski definition) is 0. The van der Waals surface area contributed by atoms with Crippen LogP contribution in [0.5, 0.6) is 0 Å². The summed E-state index contributed by atoms with van der Waals surface area (Å²) in [4.78, 5) is 17.0. The predicted octanol–water partition coefficient (Wildman–Crippen LogP) is 2.40. The van der Waals surface area contributed by atoms with E-state index in [9.17, 15) is 4.79 Å². The molecule has 3 heteroatoms. The molecule has 1 aromatic carbocycles. The fourth-order valence-corrected chi connectivity index (χ4v) is 4.33. The topological polar surface area (TPSA) is 23.6 Å². The number of anilines is 1. The van der Waals surface area contributed by atoms with Crippen molar-refractivity contribution in [2.75, 3.05) is 24.5 Å². The fraction of sp³-hybridized carbons (Fsp3) is 0.588. The summed E-state index contributed by atoms with van der Waals surface area (Å²) in [5, 5.41) is 0. The van der Waals surface area contributed by atoms with Crippen LogP contribution in [0.25, 0.3) is 0 Å². The van der Waals surface area contributed by atoms with Crippen molar-refractivity contribution in [1.29, 1.82) is 0 Å². The minimum Gasteiger partial charge on any atom is -0.367 e. The minimum absolute atomic E-state index is 0.114. The molecule has 1 amide bonds. The quantitative estimate of drug-likeness (QED) is 0.782. The Balaban J connectivity index is 1.67. The first kappa shape index (κ1) is 12.2. The van der Waals surface area contributed by atoms with Gasteiger partial charge in [-0.25, -0.2) is 0 Å². The van der Waals surface area contributed by atoms with Gasteiger partial charge in [0.15, 0.2) is 0 Å². The highest BCUT2D eigenvalue weighted by atomic mass is 16.2. The van der Waals surface area contributed by atoms with Gasteiger partial charge in [-0.05, 0) is 24.0 Å². The molecule has 1 fully saturated rings. The number of nitrogens with zero attached hydrogens (tertiary/aromatic N) is 2. The summed E-state index contributed by atoms with van der Waals surface area (Å²) in [5.74, 6) is 0.959. The highest BCUT2D eigenvalue weighted by molar-refractivity contribution is 5.79. The lowest BCUT2D eigenvalue weighted by Crippen LogP contribution is -2.49. The molecule has 0 radical (unpaired) electrons. The van der Waals surface area contributed by atoms with Crippen LogP contribution in [0.1, 0.15) is 37.3 Å². The Labute approximate surface area is 120 Å². The number of benzene rings is 1. The Morgan fingerprint density at radius 1 is 1.30 bits per heavy atom. The van der Waals surface area contributed by atoms with E-state index >= 15 is 0 Å². The second-order valence-corrected chi connectivity index (χ2v) is 6.70. The first-order chi connectivity index (χ1) is 9.66. The van der Waals surface area contributed by atoms with Crippen molar-refractivity contribution in [1.82, 2.24) is 4.90 Å². The molecule has 0 saturated carbocycles. The molecule has 3 nitrogen and oxygen atoms in total. The van der Waals surface area contributed by atoms with Crippen molar-refractivity contribution < 1.29 is 4.79 Å². The molecule has 2 unspecified atom stereocenters. The smallest absolute Gasteiger partial charge is 0.225 e. The van der Waals surface area contributed by atoms with E-state index in [0.29, 0.717) is 17.9 Å². The maximum Gasteiger partial charge on any atom is 0.225 e. The Morgan fingerprint density at radius 2 is 2.15 bits per heavy atom. The normalized spacial score (nSPS) is 26.9. The number of carbonyl (C=O) groups excluding carboxylic acids is 1. The van der Waals surface area contributed by atoms with Gasteiger partial charge in [-0.3, -0.25) is 4.79 Å². The molecule has 3 aliphatic heterocycles. The van der Waals surface area contributed by atoms with Crippen LogP contribution < -0.4 is 4.90 Å². The zero-order valence-corrected chi connectivity index (χ0v) is 12.3. The van der Waals surface area contributed by atoms with Gasteiger partial charge >= 0.3 is 0 Å². The number of piperidine rings is 1. The number of fused-ring (bicyclic) bond motifs is 3. The summed E-state index contributed by atoms with van der Waals surface area (Å²) in [6, 6.07) is 7.38. The zero-order chi connectivity index (χ0) is 13.9. The van der Waals surface area contributed by atoms with Gasteiger partial charge in [-0.15, -0.1) is 0 Å². The fourth-order valence-electron chi connectivity index (χ4n) is 4.33. The molecule has 3 aliphatic rings. The molecule has 0 spiro atoms. The maximum absolute atomic E-state index is 12.3. The second-order valence-electron chi connectivity index (χ2n) is 6.70. The number of para-hydroxylation sites is 1. The number of carbonyl (C=O) groups is 1. The average Bonchev–Trinajstić information content (AvgIpc) is 3.02.